The van der Waals surface area contributed by atoms with E-state index in [1.54, 1.807) is 10.9 Å². The Morgan fingerprint density at radius 3 is 3.07 bits per heavy atom. The first-order chi connectivity index (χ1) is 6.75. The van der Waals surface area contributed by atoms with Crippen molar-refractivity contribution in [3.05, 3.63) is 18.3 Å². The summed E-state index contributed by atoms with van der Waals surface area (Å²) in [6.07, 6.45) is 8.90. The number of nitrogens with one attached hydrogen (secondary N) is 1. The highest BCUT2D eigenvalue weighted by Crippen LogP contribution is 2.29. The van der Waals surface area contributed by atoms with E-state index < -0.39 is 0 Å². The van der Waals surface area contributed by atoms with Gasteiger partial charge in [0.2, 0.25) is 0 Å². The molecule has 1 aliphatic carbocycles. The van der Waals surface area contributed by atoms with Crippen LogP contribution in [0.2, 0.25) is 0 Å². The van der Waals surface area contributed by atoms with E-state index in [0.717, 1.165) is 18.3 Å². The first-order valence-electron chi connectivity index (χ1n) is 4.95. The quantitative estimate of drug-likeness (QED) is 0.709. The number of anilines is 2. The number of aryl methyl sites for hydroxylation is 1. The lowest BCUT2D eigenvalue weighted by Gasteiger charge is -1.98. The van der Waals surface area contributed by atoms with Gasteiger partial charge >= 0.3 is 0 Å². The molecular formula is C10H16N4. The standard InChI is InChI=1S/C10H16N4/c1-14-7-9(11)10(13-14)12-6-2-3-8-4-5-8/h2-3,7-8H,4-6,11H2,1H3,(H,12,13)/b3-2+. The van der Waals surface area contributed by atoms with Crippen molar-refractivity contribution in [2.45, 2.75) is 12.8 Å². The lowest BCUT2D eigenvalue weighted by atomic mass is 10.3. The molecule has 1 fully saturated rings. The van der Waals surface area contributed by atoms with E-state index in [1.165, 1.54) is 12.8 Å². The van der Waals surface area contributed by atoms with E-state index in [4.69, 9.17) is 5.73 Å². The SMILES string of the molecule is Cn1cc(N)c(NC/C=C/C2CC2)n1. The van der Waals surface area contributed by atoms with E-state index >= 15 is 0 Å². The van der Waals surface area contributed by atoms with Crippen LogP contribution in [-0.2, 0) is 7.05 Å². The van der Waals surface area contributed by atoms with Gasteiger partial charge in [-0.2, -0.15) is 5.10 Å². The van der Waals surface area contributed by atoms with Gasteiger partial charge in [0, 0.05) is 19.8 Å². The first-order valence-corrected chi connectivity index (χ1v) is 4.95. The van der Waals surface area contributed by atoms with Crippen molar-refractivity contribution in [1.29, 1.82) is 0 Å². The molecule has 0 spiro atoms. The average molecular weight is 192 g/mol. The second kappa shape index (κ2) is 3.74. The maximum atomic E-state index is 5.73. The Morgan fingerprint density at radius 1 is 1.71 bits per heavy atom. The molecular weight excluding hydrogens is 176 g/mol. The first kappa shape index (κ1) is 9.12. The molecule has 0 radical (unpaired) electrons. The zero-order valence-corrected chi connectivity index (χ0v) is 8.40. The molecule has 0 unspecified atom stereocenters. The van der Waals surface area contributed by atoms with Crippen LogP contribution in [0.1, 0.15) is 12.8 Å². The summed E-state index contributed by atoms with van der Waals surface area (Å²) in [5.41, 5.74) is 6.43. The Balaban J connectivity index is 1.81. The van der Waals surface area contributed by atoms with E-state index in [2.05, 4.69) is 22.6 Å². The van der Waals surface area contributed by atoms with Gasteiger partial charge in [-0.3, -0.25) is 4.68 Å². The van der Waals surface area contributed by atoms with Crippen LogP contribution in [-0.4, -0.2) is 16.3 Å². The summed E-state index contributed by atoms with van der Waals surface area (Å²) in [4.78, 5) is 0. The smallest absolute Gasteiger partial charge is 0.171 e. The molecule has 1 aromatic heterocycles. The third-order valence-corrected chi connectivity index (χ3v) is 2.27. The summed E-state index contributed by atoms with van der Waals surface area (Å²) in [5, 5.41) is 7.36. The van der Waals surface area contributed by atoms with Gasteiger partial charge < -0.3 is 11.1 Å². The summed E-state index contributed by atoms with van der Waals surface area (Å²) in [5.74, 6) is 1.60. The van der Waals surface area contributed by atoms with Crippen LogP contribution in [0.3, 0.4) is 0 Å². The van der Waals surface area contributed by atoms with Crippen molar-refractivity contribution in [2.75, 3.05) is 17.6 Å². The third-order valence-electron chi connectivity index (χ3n) is 2.27. The predicted molar refractivity (Wildman–Crippen MR) is 58.0 cm³/mol. The number of nitrogens with zero attached hydrogens (tertiary/aromatic N) is 2. The zero-order valence-electron chi connectivity index (χ0n) is 8.40. The Hall–Kier alpha value is -1.45. The Bertz CT molecular complexity index is 336. The van der Waals surface area contributed by atoms with Crippen LogP contribution in [0.5, 0.6) is 0 Å². The lowest BCUT2D eigenvalue weighted by Crippen LogP contribution is -2.01. The fourth-order valence-corrected chi connectivity index (χ4v) is 1.35. The zero-order chi connectivity index (χ0) is 9.97. The van der Waals surface area contributed by atoms with Crippen LogP contribution < -0.4 is 11.1 Å². The molecule has 2 rings (SSSR count). The fourth-order valence-electron chi connectivity index (χ4n) is 1.35. The largest absolute Gasteiger partial charge is 0.394 e. The molecule has 4 nitrogen and oxygen atoms in total. The number of hydrogen-bond donors (Lipinski definition) is 2. The molecule has 0 atom stereocenters. The van der Waals surface area contributed by atoms with E-state index in [9.17, 15) is 0 Å². The minimum Gasteiger partial charge on any atom is -0.394 e. The van der Waals surface area contributed by atoms with Crippen LogP contribution in [0.25, 0.3) is 0 Å². The highest BCUT2D eigenvalue weighted by Gasteiger charge is 2.16. The molecule has 1 aliphatic rings. The lowest BCUT2D eigenvalue weighted by molar-refractivity contribution is 0.770. The molecule has 0 amide bonds. The molecule has 0 aliphatic heterocycles. The van der Waals surface area contributed by atoms with E-state index in [1.807, 2.05) is 7.05 Å². The minimum atomic E-state index is 0.701. The minimum absolute atomic E-state index is 0.701. The van der Waals surface area contributed by atoms with Crippen LogP contribution >= 0.6 is 0 Å². The number of rotatable bonds is 4. The van der Waals surface area contributed by atoms with Gasteiger partial charge in [-0.25, -0.2) is 0 Å². The molecule has 76 valence electrons. The number of aromatic nitrogens is 2. The Labute approximate surface area is 83.8 Å². The van der Waals surface area contributed by atoms with Gasteiger partial charge in [0.05, 0.1) is 5.69 Å². The molecule has 1 heterocycles. The highest BCUT2D eigenvalue weighted by molar-refractivity contribution is 5.59. The predicted octanol–water partition coefficient (Wildman–Crippen LogP) is 1.38. The summed E-state index contributed by atoms with van der Waals surface area (Å²) in [6, 6.07) is 0. The highest BCUT2D eigenvalue weighted by atomic mass is 15.3. The summed E-state index contributed by atoms with van der Waals surface area (Å²) >= 11 is 0. The fraction of sp³-hybridized carbons (Fsp3) is 0.500. The van der Waals surface area contributed by atoms with Crippen LogP contribution in [0.4, 0.5) is 11.5 Å². The number of nitrogen functional groups attached to an aromatic ring is 1. The molecule has 1 saturated carbocycles. The molecule has 14 heavy (non-hydrogen) atoms. The maximum absolute atomic E-state index is 5.73. The van der Waals surface area contributed by atoms with Gasteiger partial charge in [-0.15, -0.1) is 0 Å². The monoisotopic (exact) mass is 192 g/mol. The van der Waals surface area contributed by atoms with Gasteiger partial charge in [-0.05, 0) is 18.8 Å². The molecule has 0 aromatic carbocycles. The molecule has 3 N–H and O–H groups in total. The van der Waals surface area contributed by atoms with Crippen molar-refractivity contribution in [2.24, 2.45) is 13.0 Å². The summed E-state index contributed by atoms with van der Waals surface area (Å²) < 4.78 is 1.71. The number of hydrogen-bond acceptors (Lipinski definition) is 3. The summed E-state index contributed by atoms with van der Waals surface area (Å²) in [7, 11) is 1.86. The van der Waals surface area contributed by atoms with Crippen molar-refractivity contribution in [1.82, 2.24) is 9.78 Å². The molecule has 4 heteroatoms. The van der Waals surface area contributed by atoms with Gasteiger partial charge in [0.25, 0.3) is 0 Å². The second-order valence-corrected chi connectivity index (χ2v) is 3.75. The van der Waals surface area contributed by atoms with Gasteiger partial charge in [0.15, 0.2) is 5.82 Å². The van der Waals surface area contributed by atoms with Crippen molar-refractivity contribution < 1.29 is 0 Å². The van der Waals surface area contributed by atoms with Crippen molar-refractivity contribution in [3.8, 4) is 0 Å². The molecule has 0 saturated heterocycles. The molecule has 1 aromatic rings. The topological polar surface area (TPSA) is 55.9 Å². The Kier molecular flexibility index (Phi) is 2.43. The number of allylic oxidation sites excluding steroid dienone is 1. The van der Waals surface area contributed by atoms with Gasteiger partial charge in [-0.1, -0.05) is 12.2 Å². The van der Waals surface area contributed by atoms with E-state index in [-0.39, 0.29) is 0 Å². The molecule has 0 bridgehead atoms. The summed E-state index contributed by atoms with van der Waals surface area (Å²) in [6.45, 7) is 0.803. The van der Waals surface area contributed by atoms with Crippen molar-refractivity contribution in [3.63, 3.8) is 0 Å². The maximum Gasteiger partial charge on any atom is 0.171 e. The number of nitrogens with two attached hydrogens (primary N) is 1. The second-order valence-electron chi connectivity index (χ2n) is 3.75. The average Bonchev–Trinajstić information content (AvgIpc) is 2.88. The van der Waals surface area contributed by atoms with Crippen LogP contribution in [0.15, 0.2) is 18.3 Å². The van der Waals surface area contributed by atoms with E-state index in [0.29, 0.717) is 5.69 Å². The van der Waals surface area contributed by atoms with Gasteiger partial charge in [0.1, 0.15) is 0 Å². The normalized spacial score (nSPS) is 16.4. The van der Waals surface area contributed by atoms with Crippen molar-refractivity contribution >= 4 is 11.5 Å². The third kappa shape index (κ3) is 2.28. The van der Waals surface area contributed by atoms with Crippen LogP contribution in [0, 0.1) is 5.92 Å². The Morgan fingerprint density at radius 2 is 2.50 bits per heavy atom.